The van der Waals surface area contributed by atoms with E-state index in [1.807, 2.05) is 18.2 Å². The average molecular weight is 383 g/mol. The number of carbonyl (C=O) groups is 2. The Kier molecular flexibility index (Phi) is 6.49. The number of nitrogens with one attached hydrogen (secondary N) is 1. The summed E-state index contributed by atoms with van der Waals surface area (Å²) in [5.41, 5.74) is 6.90. The van der Waals surface area contributed by atoms with Crippen LogP contribution >= 0.6 is 0 Å². The molecule has 1 aliphatic rings. The van der Waals surface area contributed by atoms with Crippen molar-refractivity contribution < 1.29 is 19.1 Å². The van der Waals surface area contributed by atoms with Gasteiger partial charge in [-0.05, 0) is 37.1 Å². The van der Waals surface area contributed by atoms with Crippen LogP contribution in [-0.2, 0) is 16.1 Å². The molecule has 28 heavy (non-hydrogen) atoms. The average Bonchev–Trinajstić information content (AvgIpc) is 3.15. The van der Waals surface area contributed by atoms with E-state index < -0.39 is 5.91 Å². The van der Waals surface area contributed by atoms with E-state index in [0.717, 1.165) is 25.9 Å². The molecule has 1 saturated heterocycles. The van der Waals surface area contributed by atoms with Crippen molar-refractivity contribution in [3.8, 4) is 11.5 Å². The minimum atomic E-state index is -0.584. The number of nitrogens with two attached hydrogens (primary N) is 1. The molecule has 0 radical (unpaired) electrons. The lowest BCUT2D eigenvalue weighted by molar-refractivity contribution is -0.121. The van der Waals surface area contributed by atoms with Crippen LogP contribution in [0.25, 0.3) is 0 Å². The Morgan fingerprint density at radius 1 is 1.18 bits per heavy atom. The Balaban J connectivity index is 1.67. The lowest BCUT2D eigenvalue weighted by atomic mass is 10.1. The van der Waals surface area contributed by atoms with Gasteiger partial charge in [-0.15, -0.1) is 0 Å². The Morgan fingerprint density at radius 2 is 1.96 bits per heavy atom. The first kappa shape index (κ1) is 19.7. The number of rotatable bonds is 8. The van der Waals surface area contributed by atoms with Crippen molar-refractivity contribution in [1.29, 1.82) is 0 Å². The number of methoxy groups -OCH3 is 1. The SMILES string of the molecule is COc1ccc(NC(=O)C2CCCN2Cc2ccccc2)cc1OCC(N)=O. The van der Waals surface area contributed by atoms with Gasteiger partial charge in [0.1, 0.15) is 0 Å². The molecule has 1 atom stereocenters. The summed E-state index contributed by atoms with van der Waals surface area (Å²) >= 11 is 0. The van der Waals surface area contributed by atoms with Gasteiger partial charge in [-0.25, -0.2) is 0 Å². The highest BCUT2D eigenvalue weighted by Crippen LogP contribution is 2.31. The summed E-state index contributed by atoms with van der Waals surface area (Å²) in [5.74, 6) is 0.177. The fraction of sp³-hybridized carbons (Fsp3) is 0.333. The van der Waals surface area contributed by atoms with E-state index in [2.05, 4.69) is 22.3 Å². The second kappa shape index (κ2) is 9.23. The molecule has 1 aliphatic heterocycles. The molecule has 1 heterocycles. The maximum Gasteiger partial charge on any atom is 0.255 e. The molecular formula is C21H25N3O4. The van der Waals surface area contributed by atoms with Crippen molar-refractivity contribution in [2.24, 2.45) is 5.73 Å². The van der Waals surface area contributed by atoms with Crippen LogP contribution in [0.5, 0.6) is 11.5 Å². The van der Waals surface area contributed by atoms with Crippen LogP contribution in [0.3, 0.4) is 0 Å². The highest BCUT2D eigenvalue weighted by Gasteiger charge is 2.30. The molecule has 3 rings (SSSR count). The zero-order chi connectivity index (χ0) is 19.9. The summed E-state index contributed by atoms with van der Waals surface area (Å²) in [7, 11) is 1.50. The van der Waals surface area contributed by atoms with E-state index in [-0.39, 0.29) is 18.6 Å². The molecule has 2 aromatic carbocycles. The molecule has 1 unspecified atom stereocenters. The van der Waals surface area contributed by atoms with Crippen LogP contribution in [0.1, 0.15) is 18.4 Å². The number of primary amides is 1. The largest absolute Gasteiger partial charge is 0.493 e. The van der Waals surface area contributed by atoms with Crippen molar-refractivity contribution in [2.45, 2.75) is 25.4 Å². The van der Waals surface area contributed by atoms with Gasteiger partial charge in [-0.2, -0.15) is 0 Å². The zero-order valence-corrected chi connectivity index (χ0v) is 15.9. The molecule has 7 nitrogen and oxygen atoms in total. The molecule has 0 spiro atoms. The number of hydrogen-bond acceptors (Lipinski definition) is 5. The number of amides is 2. The summed E-state index contributed by atoms with van der Waals surface area (Å²) < 4.78 is 10.6. The third-order valence-corrected chi connectivity index (χ3v) is 4.70. The van der Waals surface area contributed by atoms with Crippen LogP contribution < -0.4 is 20.5 Å². The van der Waals surface area contributed by atoms with Crippen LogP contribution in [-0.4, -0.2) is 43.0 Å². The van der Waals surface area contributed by atoms with E-state index in [1.54, 1.807) is 18.2 Å². The Hall–Kier alpha value is -3.06. The van der Waals surface area contributed by atoms with Gasteiger partial charge in [0.2, 0.25) is 5.91 Å². The Morgan fingerprint density at radius 3 is 2.68 bits per heavy atom. The summed E-state index contributed by atoms with van der Waals surface area (Å²) in [6.07, 6.45) is 1.81. The van der Waals surface area contributed by atoms with Gasteiger partial charge in [-0.3, -0.25) is 14.5 Å². The first-order chi connectivity index (χ1) is 13.6. The molecule has 0 saturated carbocycles. The van der Waals surface area contributed by atoms with Gasteiger partial charge in [-0.1, -0.05) is 30.3 Å². The predicted octanol–water partition coefficient (Wildman–Crippen LogP) is 2.16. The number of anilines is 1. The molecule has 2 aromatic rings. The number of carbonyl (C=O) groups excluding carboxylic acids is 2. The number of hydrogen-bond donors (Lipinski definition) is 2. The highest BCUT2D eigenvalue weighted by atomic mass is 16.5. The van der Waals surface area contributed by atoms with E-state index in [1.165, 1.54) is 12.7 Å². The fourth-order valence-corrected chi connectivity index (χ4v) is 3.37. The predicted molar refractivity (Wildman–Crippen MR) is 106 cm³/mol. The standard InChI is InChI=1S/C21H25N3O4/c1-27-18-10-9-16(12-19(18)28-14-20(22)25)23-21(26)17-8-5-11-24(17)13-15-6-3-2-4-7-15/h2-4,6-7,9-10,12,17H,5,8,11,13-14H2,1H3,(H2,22,25)(H,23,26). The maximum atomic E-state index is 12.8. The molecule has 0 aliphatic carbocycles. The van der Waals surface area contributed by atoms with E-state index >= 15 is 0 Å². The van der Waals surface area contributed by atoms with Gasteiger partial charge in [0.25, 0.3) is 5.91 Å². The molecule has 7 heteroatoms. The molecule has 148 valence electrons. The van der Waals surface area contributed by atoms with E-state index in [9.17, 15) is 9.59 Å². The van der Waals surface area contributed by atoms with Gasteiger partial charge >= 0.3 is 0 Å². The van der Waals surface area contributed by atoms with Gasteiger partial charge in [0.05, 0.1) is 13.2 Å². The third kappa shape index (κ3) is 5.01. The first-order valence-electron chi connectivity index (χ1n) is 9.25. The highest BCUT2D eigenvalue weighted by molar-refractivity contribution is 5.95. The monoisotopic (exact) mass is 383 g/mol. The second-order valence-corrected chi connectivity index (χ2v) is 6.72. The molecule has 1 fully saturated rings. The van der Waals surface area contributed by atoms with E-state index in [4.69, 9.17) is 15.2 Å². The van der Waals surface area contributed by atoms with Crippen molar-refractivity contribution in [3.05, 3.63) is 54.1 Å². The van der Waals surface area contributed by atoms with Crippen molar-refractivity contribution in [2.75, 3.05) is 25.6 Å². The summed E-state index contributed by atoms with van der Waals surface area (Å²) in [6.45, 7) is 1.37. The summed E-state index contributed by atoms with van der Waals surface area (Å²) in [5, 5.41) is 2.95. The Labute approximate surface area is 164 Å². The van der Waals surface area contributed by atoms with Gasteiger partial charge in [0, 0.05) is 18.3 Å². The van der Waals surface area contributed by atoms with Crippen LogP contribution in [0.15, 0.2) is 48.5 Å². The maximum absolute atomic E-state index is 12.8. The minimum Gasteiger partial charge on any atom is -0.493 e. The summed E-state index contributed by atoms with van der Waals surface area (Å²) in [4.78, 5) is 26.0. The third-order valence-electron chi connectivity index (χ3n) is 4.70. The number of benzene rings is 2. The number of nitrogens with zero attached hydrogens (tertiary/aromatic N) is 1. The lowest BCUT2D eigenvalue weighted by Gasteiger charge is -2.24. The molecule has 3 N–H and O–H groups in total. The smallest absolute Gasteiger partial charge is 0.255 e. The molecule has 0 aromatic heterocycles. The van der Waals surface area contributed by atoms with Crippen molar-refractivity contribution in [3.63, 3.8) is 0 Å². The minimum absolute atomic E-state index is 0.0561. The normalized spacial score (nSPS) is 16.5. The van der Waals surface area contributed by atoms with Crippen LogP contribution in [0.4, 0.5) is 5.69 Å². The molecule has 0 bridgehead atoms. The van der Waals surface area contributed by atoms with E-state index in [0.29, 0.717) is 17.2 Å². The molecular weight excluding hydrogens is 358 g/mol. The number of ether oxygens (including phenoxy) is 2. The van der Waals surface area contributed by atoms with Crippen molar-refractivity contribution in [1.82, 2.24) is 4.90 Å². The van der Waals surface area contributed by atoms with Crippen LogP contribution in [0, 0.1) is 0 Å². The fourth-order valence-electron chi connectivity index (χ4n) is 3.37. The topological polar surface area (TPSA) is 93.9 Å². The van der Waals surface area contributed by atoms with Crippen LogP contribution in [0.2, 0.25) is 0 Å². The Bertz CT molecular complexity index is 826. The van der Waals surface area contributed by atoms with Gasteiger partial charge in [0.15, 0.2) is 18.1 Å². The number of likely N-dealkylation sites (tertiary alicyclic amines) is 1. The zero-order valence-electron chi connectivity index (χ0n) is 15.9. The second-order valence-electron chi connectivity index (χ2n) is 6.72. The molecule has 2 amide bonds. The van der Waals surface area contributed by atoms with Gasteiger partial charge < -0.3 is 20.5 Å². The van der Waals surface area contributed by atoms with Crippen molar-refractivity contribution >= 4 is 17.5 Å². The summed E-state index contributed by atoms with van der Waals surface area (Å²) in [6, 6.07) is 15.0. The quantitative estimate of drug-likeness (QED) is 0.729. The first-order valence-corrected chi connectivity index (χ1v) is 9.25. The lowest BCUT2D eigenvalue weighted by Crippen LogP contribution is -2.39.